The van der Waals surface area contributed by atoms with Crippen LogP contribution in [-0.2, 0) is 4.79 Å². The van der Waals surface area contributed by atoms with Gasteiger partial charge in [-0.2, -0.15) is 0 Å². The molecular weight excluding hydrogens is 332 g/mol. The van der Waals surface area contributed by atoms with Gasteiger partial charge in [0.1, 0.15) is 0 Å². The minimum Gasteiger partial charge on any atom is -0.353 e. The molecule has 1 spiro atoms. The highest BCUT2D eigenvalue weighted by molar-refractivity contribution is 5.73. The number of nitrogens with zero attached hydrogens (tertiary/aromatic N) is 1. The Hall–Kier alpha value is -0.830. The van der Waals surface area contributed by atoms with E-state index in [1.807, 2.05) is 0 Å². The van der Waals surface area contributed by atoms with Crippen molar-refractivity contribution in [2.45, 2.75) is 84.2 Å². The molecule has 150 valence electrons. The van der Waals surface area contributed by atoms with Gasteiger partial charge in [0.15, 0.2) is 0 Å². The number of amides is 1. The number of allylic oxidation sites excluding steroid dienone is 1. The first kappa shape index (κ1) is 18.2. The molecule has 1 heterocycles. The molecule has 5 rings (SSSR count). The standard InChI is InChI=1S/C24H38N2O/c1-15-20-7-8-22-19-6-5-17-13-18(25-16(2)27)9-11-23(17,3)21(19)10-12-24(20,22)14-26(15)4/h5,15,18-22H,6-14H2,1-4H3,(H,25,27)/t15-,18-,19+,20+,21-,22-,23-,24-/m0/s1. The molecule has 3 heteroatoms. The minimum atomic E-state index is 0.133. The van der Waals surface area contributed by atoms with Crippen LogP contribution in [-0.4, -0.2) is 36.5 Å². The Labute approximate surface area is 165 Å². The van der Waals surface area contributed by atoms with Gasteiger partial charge in [-0.25, -0.2) is 0 Å². The van der Waals surface area contributed by atoms with E-state index in [-0.39, 0.29) is 5.91 Å². The number of fused-ring (bicyclic) bond motifs is 4. The van der Waals surface area contributed by atoms with Crippen molar-refractivity contribution in [3.8, 4) is 0 Å². The van der Waals surface area contributed by atoms with Crippen LogP contribution in [0.2, 0.25) is 0 Å². The van der Waals surface area contributed by atoms with Gasteiger partial charge in [-0.05, 0) is 99.8 Å². The van der Waals surface area contributed by atoms with E-state index in [1.54, 1.807) is 12.5 Å². The largest absolute Gasteiger partial charge is 0.353 e. The Morgan fingerprint density at radius 1 is 1.15 bits per heavy atom. The summed E-state index contributed by atoms with van der Waals surface area (Å²) in [5, 5.41) is 3.19. The van der Waals surface area contributed by atoms with Crippen molar-refractivity contribution in [2.75, 3.05) is 13.6 Å². The topological polar surface area (TPSA) is 32.3 Å². The van der Waals surface area contributed by atoms with Crippen molar-refractivity contribution in [1.82, 2.24) is 10.2 Å². The van der Waals surface area contributed by atoms with Gasteiger partial charge < -0.3 is 10.2 Å². The van der Waals surface area contributed by atoms with E-state index in [9.17, 15) is 4.79 Å². The van der Waals surface area contributed by atoms with E-state index in [4.69, 9.17) is 0 Å². The number of carbonyl (C=O) groups excluding carboxylic acids is 1. The molecule has 0 unspecified atom stereocenters. The molecule has 3 saturated carbocycles. The lowest BCUT2D eigenvalue weighted by molar-refractivity contribution is -0.120. The predicted octanol–water partition coefficient (Wildman–Crippen LogP) is 4.38. The van der Waals surface area contributed by atoms with Crippen molar-refractivity contribution >= 4 is 5.91 Å². The molecule has 0 aromatic carbocycles. The van der Waals surface area contributed by atoms with Crippen LogP contribution in [0.4, 0.5) is 0 Å². The average Bonchev–Trinajstić information content (AvgIpc) is 3.09. The monoisotopic (exact) mass is 370 g/mol. The third-order valence-corrected chi connectivity index (χ3v) is 10.1. The number of carbonyl (C=O) groups is 1. The molecule has 1 saturated heterocycles. The summed E-state index contributed by atoms with van der Waals surface area (Å²) < 4.78 is 0. The van der Waals surface area contributed by atoms with Gasteiger partial charge in [-0.1, -0.05) is 18.6 Å². The Morgan fingerprint density at radius 3 is 2.70 bits per heavy atom. The minimum absolute atomic E-state index is 0.133. The zero-order chi connectivity index (χ0) is 19.0. The molecule has 0 bridgehead atoms. The van der Waals surface area contributed by atoms with Crippen LogP contribution in [0.25, 0.3) is 0 Å². The zero-order valence-electron chi connectivity index (χ0n) is 17.8. The van der Waals surface area contributed by atoms with Crippen LogP contribution in [0.5, 0.6) is 0 Å². The average molecular weight is 371 g/mol. The van der Waals surface area contributed by atoms with E-state index in [0.29, 0.717) is 16.9 Å². The maximum Gasteiger partial charge on any atom is 0.217 e. The lowest BCUT2D eigenvalue weighted by Crippen LogP contribution is -2.52. The highest BCUT2D eigenvalue weighted by Gasteiger charge is 2.63. The van der Waals surface area contributed by atoms with Gasteiger partial charge in [-0.3, -0.25) is 4.79 Å². The number of likely N-dealkylation sites (tertiary alicyclic amines) is 1. The quantitative estimate of drug-likeness (QED) is 0.695. The van der Waals surface area contributed by atoms with E-state index in [1.165, 1.54) is 45.1 Å². The molecule has 8 atom stereocenters. The molecular formula is C24H38N2O. The first-order chi connectivity index (χ1) is 12.8. The first-order valence-corrected chi connectivity index (χ1v) is 11.5. The van der Waals surface area contributed by atoms with Gasteiger partial charge in [0.05, 0.1) is 0 Å². The van der Waals surface area contributed by atoms with Crippen LogP contribution in [0.15, 0.2) is 11.6 Å². The van der Waals surface area contributed by atoms with Gasteiger partial charge in [-0.15, -0.1) is 0 Å². The second kappa shape index (κ2) is 6.08. The third-order valence-electron chi connectivity index (χ3n) is 10.1. The fraction of sp³-hybridized carbons (Fsp3) is 0.875. The molecule has 0 aromatic heterocycles. The highest BCUT2D eigenvalue weighted by Crippen LogP contribution is 2.68. The predicted molar refractivity (Wildman–Crippen MR) is 109 cm³/mol. The van der Waals surface area contributed by atoms with E-state index >= 15 is 0 Å². The Morgan fingerprint density at radius 2 is 1.93 bits per heavy atom. The third kappa shape index (κ3) is 2.46. The summed E-state index contributed by atoms with van der Waals surface area (Å²) in [6, 6.07) is 1.15. The van der Waals surface area contributed by atoms with Crippen LogP contribution < -0.4 is 5.32 Å². The molecule has 0 radical (unpaired) electrons. The van der Waals surface area contributed by atoms with E-state index in [2.05, 4.69) is 37.2 Å². The van der Waals surface area contributed by atoms with Crippen LogP contribution in [0.3, 0.4) is 0 Å². The summed E-state index contributed by atoms with van der Waals surface area (Å²) in [7, 11) is 2.37. The summed E-state index contributed by atoms with van der Waals surface area (Å²) in [6.07, 6.45) is 13.3. The molecule has 1 amide bonds. The summed E-state index contributed by atoms with van der Waals surface area (Å²) in [5.41, 5.74) is 2.70. The van der Waals surface area contributed by atoms with Crippen LogP contribution >= 0.6 is 0 Å². The number of nitrogens with one attached hydrogen (secondary N) is 1. The van der Waals surface area contributed by atoms with Gasteiger partial charge in [0.2, 0.25) is 5.91 Å². The van der Waals surface area contributed by atoms with Crippen molar-refractivity contribution in [3.05, 3.63) is 11.6 Å². The second-order valence-electron chi connectivity index (χ2n) is 11.0. The molecule has 0 aromatic rings. The van der Waals surface area contributed by atoms with Crippen LogP contribution in [0, 0.1) is 34.5 Å². The summed E-state index contributed by atoms with van der Waals surface area (Å²) >= 11 is 0. The van der Waals surface area contributed by atoms with Gasteiger partial charge >= 0.3 is 0 Å². The maximum absolute atomic E-state index is 11.5. The van der Waals surface area contributed by atoms with Crippen molar-refractivity contribution < 1.29 is 4.79 Å². The molecule has 4 aliphatic carbocycles. The van der Waals surface area contributed by atoms with E-state index < -0.39 is 0 Å². The summed E-state index contributed by atoms with van der Waals surface area (Å²) in [6.45, 7) is 8.07. The summed E-state index contributed by atoms with van der Waals surface area (Å²) in [5.74, 6) is 3.83. The normalized spacial score (nSPS) is 51.6. The molecule has 27 heavy (non-hydrogen) atoms. The molecule has 3 nitrogen and oxygen atoms in total. The lowest BCUT2D eigenvalue weighted by atomic mass is 9.47. The Bertz CT molecular complexity index is 671. The number of rotatable bonds is 1. The highest BCUT2D eigenvalue weighted by atomic mass is 16.1. The Balaban J connectivity index is 1.42. The smallest absolute Gasteiger partial charge is 0.217 e. The Kier molecular flexibility index (Phi) is 4.10. The fourth-order valence-electron chi connectivity index (χ4n) is 8.87. The fourth-order valence-corrected chi connectivity index (χ4v) is 8.87. The van der Waals surface area contributed by atoms with Gasteiger partial charge in [0.25, 0.3) is 0 Å². The lowest BCUT2D eigenvalue weighted by Gasteiger charge is -2.58. The SMILES string of the molecule is CC(=O)N[C@H]1CC[C@@]2(C)C(=CC[C@H]3[C@@H]4CC[C@@H]5[C@H](C)N(C)C[C@@]54CC[C@@H]32)C1. The zero-order valence-corrected chi connectivity index (χ0v) is 17.8. The maximum atomic E-state index is 11.5. The molecule has 1 aliphatic heterocycles. The summed E-state index contributed by atoms with van der Waals surface area (Å²) in [4.78, 5) is 14.2. The molecule has 1 N–H and O–H groups in total. The van der Waals surface area contributed by atoms with E-state index in [0.717, 1.165) is 42.6 Å². The van der Waals surface area contributed by atoms with Crippen LogP contribution in [0.1, 0.15) is 72.1 Å². The van der Waals surface area contributed by atoms with Crippen molar-refractivity contribution in [1.29, 1.82) is 0 Å². The molecule has 5 aliphatic rings. The number of hydrogen-bond acceptors (Lipinski definition) is 2. The van der Waals surface area contributed by atoms with Crippen molar-refractivity contribution in [2.24, 2.45) is 34.5 Å². The molecule has 4 fully saturated rings. The van der Waals surface area contributed by atoms with Crippen molar-refractivity contribution in [3.63, 3.8) is 0 Å². The van der Waals surface area contributed by atoms with Gasteiger partial charge in [0, 0.05) is 25.6 Å². The number of hydrogen-bond donors (Lipinski definition) is 1. The first-order valence-electron chi connectivity index (χ1n) is 11.5. The second-order valence-corrected chi connectivity index (χ2v) is 11.0.